The summed E-state index contributed by atoms with van der Waals surface area (Å²) >= 11 is 11.8. The van der Waals surface area contributed by atoms with Gasteiger partial charge >= 0.3 is 0 Å². The van der Waals surface area contributed by atoms with E-state index in [9.17, 15) is 14.9 Å². The molecule has 0 aliphatic heterocycles. The molecule has 1 aromatic heterocycles. The van der Waals surface area contributed by atoms with Crippen LogP contribution in [0.4, 0.5) is 5.69 Å². The maximum absolute atomic E-state index is 12.5. The number of hydrogen-bond acceptors (Lipinski definition) is 5. The molecular weight excluding hydrogens is 369 g/mol. The molecule has 128 valence electrons. The topological polar surface area (TPSA) is 87.3 Å². The zero-order valence-corrected chi connectivity index (χ0v) is 14.2. The van der Waals surface area contributed by atoms with Gasteiger partial charge in [-0.1, -0.05) is 23.2 Å². The molecule has 25 heavy (non-hydrogen) atoms. The van der Waals surface area contributed by atoms with E-state index in [4.69, 9.17) is 27.9 Å². The van der Waals surface area contributed by atoms with E-state index in [1.807, 2.05) is 0 Å². The molecular formula is C16H11Cl2N3O4. The molecule has 0 radical (unpaired) electrons. The number of non-ortho nitro benzene ring substituents is 1. The van der Waals surface area contributed by atoms with Crippen molar-refractivity contribution in [1.82, 2.24) is 9.55 Å². The Bertz CT molecular complexity index is 1020. The quantitative estimate of drug-likeness (QED) is 0.498. The second-order valence-electron chi connectivity index (χ2n) is 5.12. The number of aromatic nitrogens is 2. The third-order valence-corrected chi connectivity index (χ3v) is 4.03. The van der Waals surface area contributed by atoms with Crippen LogP contribution in [0, 0.1) is 10.1 Å². The summed E-state index contributed by atoms with van der Waals surface area (Å²) in [5, 5.41) is 11.9. The van der Waals surface area contributed by atoms with Crippen molar-refractivity contribution in [3.8, 4) is 5.75 Å². The van der Waals surface area contributed by atoms with Crippen molar-refractivity contribution in [1.29, 1.82) is 0 Å². The van der Waals surface area contributed by atoms with Gasteiger partial charge in [0.1, 0.15) is 12.4 Å². The predicted molar refractivity (Wildman–Crippen MR) is 94.6 cm³/mol. The van der Waals surface area contributed by atoms with E-state index in [0.717, 1.165) is 0 Å². The van der Waals surface area contributed by atoms with Crippen molar-refractivity contribution in [2.24, 2.45) is 0 Å². The van der Waals surface area contributed by atoms with E-state index in [2.05, 4.69) is 4.98 Å². The summed E-state index contributed by atoms with van der Waals surface area (Å²) in [6.07, 6.45) is 1.38. The smallest absolute Gasteiger partial charge is 0.270 e. The SMILES string of the molecule is O=c1c2cc([N+](=O)[O-])ccc2ncn1CCOc1ccc(Cl)cc1Cl. The lowest BCUT2D eigenvalue weighted by Crippen LogP contribution is -2.23. The number of fused-ring (bicyclic) bond motifs is 1. The highest BCUT2D eigenvalue weighted by Gasteiger charge is 2.11. The van der Waals surface area contributed by atoms with Crippen LogP contribution in [0.5, 0.6) is 5.75 Å². The van der Waals surface area contributed by atoms with Crippen LogP contribution < -0.4 is 10.3 Å². The van der Waals surface area contributed by atoms with E-state index in [0.29, 0.717) is 21.3 Å². The molecule has 7 nitrogen and oxygen atoms in total. The van der Waals surface area contributed by atoms with Crippen molar-refractivity contribution in [2.45, 2.75) is 6.54 Å². The van der Waals surface area contributed by atoms with Crippen LogP contribution in [-0.2, 0) is 6.54 Å². The van der Waals surface area contributed by atoms with Gasteiger partial charge in [0.2, 0.25) is 0 Å². The van der Waals surface area contributed by atoms with Crippen molar-refractivity contribution in [3.63, 3.8) is 0 Å². The van der Waals surface area contributed by atoms with Crippen molar-refractivity contribution < 1.29 is 9.66 Å². The Balaban J connectivity index is 1.80. The minimum absolute atomic E-state index is 0.159. The molecule has 0 fully saturated rings. The highest BCUT2D eigenvalue weighted by Crippen LogP contribution is 2.27. The zero-order chi connectivity index (χ0) is 18.0. The van der Waals surface area contributed by atoms with E-state index in [1.165, 1.54) is 29.1 Å². The van der Waals surface area contributed by atoms with Gasteiger partial charge < -0.3 is 4.74 Å². The molecule has 0 saturated heterocycles. The molecule has 0 atom stereocenters. The van der Waals surface area contributed by atoms with Gasteiger partial charge in [0.25, 0.3) is 11.2 Å². The van der Waals surface area contributed by atoms with Crippen molar-refractivity contribution in [3.05, 3.63) is 73.2 Å². The molecule has 0 spiro atoms. The Morgan fingerprint density at radius 2 is 2.00 bits per heavy atom. The van der Waals surface area contributed by atoms with Crippen LogP contribution in [-0.4, -0.2) is 21.1 Å². The first kappa shape index (κ1) is 17.2. The summed E-state index contributed by atoms with van der Waals surface area (Å²) in [7, 11) is 0. The highest BCUT2D eigenvalue weighted by molar-refractivity contribution is 6.35. The van der Waals surface area contributed by atoms with Crippen LogP contribution in [0.15, 0.2) is 47.5 Å². The third-order valence-electron chi connectivity index (χ3n) is 3.50. The normalized spacial score (nSPS) is 10.8. The zero-order valence-electron chi connectivity index (χ0n) is 12.7. The van der Waals surface area contributed by atoms with Crippen LogP contribution >= 0.6 is 23.2 Å². The molecule has 3 rings (SSSR count). The summed E-state index contributed by atoms with van der Waals surface area (Å²) in [5.74, 6) is 0.448. The molecule has 0 bridgehead atoms. The number of nitro benzene ring substituents is 1. The minimum atomic E-state index is -0.554. The van der Waals surface area contributed by atoms with Crippen LogP contribution in [0.25, 0.3) is 10.9 Å². The molecule has 0 N–H and O–H groups in total. The molecule has 9 heteroatoms. The second-order valence-corrected chi connectivity index (χ2v) is 5.97. The minimum Gasteiger partial charge on any atom is -0.490 e. The van der Waals surface area contributed by atoms with Gasteiger partial charge in [-0.3, -0.25) is 19.5 Å². The summed E-state index contributed by atoms with van der Waals surface area (Å²) in [4.78, 5) is 26.9. The second kappa shape index (κ2) is 7.08. The number of benzene rings is 2. The summed E-state index contributed by atoms with van der Waals surface area (Å²) < 4.78 is 6.87. The van der Waals surface area contributed by atoms with Gasteiger partial charge in [-0.15, -0.1) is 0 Å². The number of nitro groups is 1. The van der Waals surface area contributed by atoms with E-state index in [1.54, 1.807) is 18.2 Å². The fraction of sp³-hybridized carbons (Fsp3) is 0.125. The first-order valence-electron chi connectivity index (χ1n) is 7.17. The highest BCUT2D eigenvalue weighted by atomic mass is 35.5. The summed E-state index contributed by atoms with van der Waals surface area (Å²) in [6.45, 7) is 0.382. The van der Waals surface area contributed by atoms with Gasteiger partial charge in [-0.05, 0) is 24.3 Å². The molecule has 3 aromatic rings. The number of ether oxygens (including phenoxy) is 1. The van der Waals surface area contributed by atoms with E-state index < -0.39 is 4.92 Å². The fourth-order valence-corrected chi connectivity index (χ4v) is 2.73. The standard InChI is InChI=1S/C16H11Cl2N3O4/c17-10-1-4-15(13(18)7-10)25-6-5-20-9-19-14-3-2-11(21(23)24)8-12(14)16(20)22/h1-4,7-9H,5-6H2. The predicted octanol–water partition coefficient (Wildman–Crippen LogP) is 3.69. The molecule has 0 aliphatic carbocycles. The van der Waals surface area contributed by atoms with Gasteiger partial charge in [0.15, 0.2) is 0 Å². The first-order chi connectivity index (χ1) is 12.0. The molecule has 0 amide bonds. The molecule has 2 aromatic carbocycles. The Kier molecular flexibility index (Phi) is 4.87. The number of nitrogens with zero attached hydrogens (tertiary/aromatic N) is 3. The average Bonchev–Trinajstić information content (AvgIpc) is 2.58. The van der Waals surface area contributed by atoms with Crippen LogP contribution in [0.3, 0.4) is 0 Å². The number of hydrogen-bond donors (Lipinski definition) is 0. The Labute approximate surface area is 151 Å². The van der Waals surface area contributed by atoms with Crippen LogP contribution in [0.2, 0.25) is 10.0 Å². The maximum atomic E-state index is 12.5. The lowest BCUT2D eigenvalue weighted by molar-refractivity contribution is -0.384. The number of halogens is 2. The Morgan fingerprint density at radius 1 is 1.20 bits per heavy atom. The lowest BCUT2D eigenvalue weighted by atomic mass is 10.2. The maximum Gasteiger partial charge on any atom is 0.270 e. The largest absolute Gasteiger partial charge is 0.490 e. The monoisotopic (exact) mass is 379 g/mol. The summed E-state index contributed by atoms with van der Waals surface area (Å²) in [5.41, 5.74) is -0.138. The van der Waals surface area contributed by atoms with Gasteiger partial charge in [-0.25, -0.2) is 4.98 Å². The van der Waals surface area contributed by atoms with Gasteiger partial charge in [-0.2, -0.15) is 0 Å². The molecule has 1 heterocycles. The Morgan fingerprint density at radius 3 is 2.72 bits per heavy atom. The van der Waals surface area contributed by atoms with Crippen LogP contribution in [0.1, 0.15) is 0 Å². The Hall–Kier alpha value is -2.64. The average molecular weight is 380 g/mol. The fourth-order valence-electron chi connectivity index (χ4n) is 2.27. The van der Waals surface area contributed by atoms with Crippen molar-refractivity contribution >= 4 is 39.8 Å². The first-order valence-corrected chi connectivity index (χ1v) is 7.93. The third kappa shape index (κ3) is 3.72. The van der Waals surface area contributed by atoms with Gasteiger partial charge in [0.05, 0.1) is 33.7 Å². The lowest BCUT2D eigenvalue weighted by Gasteiger charge is -2.10. The molecule has 0 unspecified atom stereocenters. The summed E-state index contributed by atoms with van der Waals surface area (Å²) in [6, 6.07) is 8.81. The van der Waals surface area contributed by atoms with E-state index >= 15 is 0 Å². The number of rotatable bonds is 5. The molecule has 0 saturated carbocycles. The van der Waals surface area contributed by atoms with Crippen molar-refractivity contribution in [2.75, 3.05) is 6.61 Å². The molecule has 0 aliphatic rings. The van der Waals surface area contributed by atoms with E-state index in [-0.39, 0.29) is 29.8 Å². The van der Waals surface area contributed by atoms with Gasteiger partial charge in [0, 0.05) is 17.2 Å².